The zero-order valence-corrected chi connectivity index (χ0v) is 6.34. The fraction of sp³-hybridized carbons (Fsp3) is 0.857. The maximum Gasteiger partial charge on any atom is 0.309 e. The van der Waals surface area contributed by atoms with Gasteiger partial charge in [-0.3, -0.25) is 0 Å². The lowest BCUT2D eigenvalue weighted by Crippen LogP contribution is -2.37. The summed E-state index contributed by atoms with van der Waals surface area (Å²) in [5.74, 6) is -7.80. The molecule has 0 spiro atoms. The van der Waals surface area contributed by atoms with E-state index in [1.807, 2.05) is 0 Å². The van der Waals surface area contributed by atoms with Gasteiger partial charge < -0.3 is 0 Å². The first-order chi connectivity index (χ1) is 4.81. The third-order valence-electron chi connectivity index (χ3n) is 1.38. The van der Waals surface area contributed by atoms with Crippen LogP contribution in [-0.2, 0) is 0 Å². The first kappa shape index (κ1) is 10.7. The van der Waals surface area contributed by atoms with Crippen molar-refractivity contribution < 1.29 is 17.6 Å². The highest BCUT2D eigenvalue weighted by atomic mass is 19.3. The monoisotopic (exact) mass is 171 g/mol. The highest BCUT2D eigenvalue weighted by Gasteiger charge is 2.50. The fourth-order valence-corrected chi connectivity index (χ4v) is 0.567. The van der Waals surface area contributed by atoms with Gasteiger partial charge in [-0.2, -0.15) is 8.78 Å². The van der Waals surface area contributed by atoms with Gasteiger partial charge in [-0.15, -0.1) is 0 Å². The molecule has 0 unspecified atom stereocenters. The normalized spacial score (nSPS) is 13.6. The number of hydrogen-bond acceptors (Lipinski definition) is 0. The van der Waals surface area contributed by atoms with Crippen molar-refractivity contribution in [1.29, 1.82) is 0 Å². The molecular weight excluding hydrogens is 160 g/mol. The highest BCUT2D eigenvalue weighted by molar-refractivity contribution is 4.80. The molecule has 0 aliphatic heterocycles. The van der Waals surface area contributed by atoms with E-state index in [0.29, 0.717) is 0 Å². The van der Waals surface area contributed by atoms with Crippen molar-refractivity contribution in [3.63, 3.8) is 0 Å². The van der Waals surface area contributed by atoms with Crippen LogP contribution in [0.25, 0.3) is 0 Å². The topological polar surface area (TPSA) is 0 Å². The molecule has 0 aromatic heterocycles. The molecular formula is C7H11F4. The summed E-state index contributed by atoms with van der Waals surface area (Å²) in [6, 6.07) is 0. The van der Waals surface area contributed by atoms with Crippen LogP contribution in [-0.4, -0.2) is 11.8 Å². The van der Waals surface area contributed by atoms with Gasteiger partial charge in [0.1, 0.15) is 0 Å². The second-order valence-corrected chi connectivity index (χ2v) is 2.55. The lowest BCUT2D eigenvalue weighted by atomic mass is 10.1. The smallest absolute Gasteiger partial charge is 0.200 e. The van der Waals surface area contributed by atoms with Gasteiger partial charge in [0.2, 0.25) is 0 Å². The van der Waals surface area contributed by atoms with Crippen LogP contribution < -0.4 is 0 Å². The zero-order valence-electron chi connectivity index (χ0n) is 6.34. The van der Waals surface area contributed by atoms with Gasteiger partial charge in [0, 0.05) is 13.3 Å². The number of hydrogen-bond donors (Lipinski definition) is 0. The van der Waals surface area contributed by atoms with E-state index >= 15 is 0 Å². The van der Waals surface area contributed by atoms with Crippen LogP contribution in [0.1, 0.15) is 26.2 Å². The molecule has 0 aliphatic rings. The minimum absolute atomic E-state index is 0.0242. The standard InChI is InChI=1S/C7H11F4/c1-3-4-5-7(10,11)6(2,8)9/h1,3-5H2,2H3. The number of unbranched alkanes of at least 4 members (excludes halogenated alkanes) is 1. The van der Waals surface area contributed by atoms with Gasteiger partial charge in [-0.1, -0.05) is 13.3 Å². The highest BCUT2D eigenvalue weighted by Crippen LogP contribution is 2.37. The second-order valence-electron chi connectivity index (χ2n) is 2.55. The van der Waals surface area contributed by atoms with Crippen LogP contribution in [0.3, 0.4) is 0 Å². The molecule has 0 saturated heterocycles. The van der Waals surface area contributed by atoms with Gasteiger partial charge in [0.25, 0.3) is 0 Å². The summed E-state index contributed by atoms with van der Waals surface area (Å²) in [7, 11) is 0. The van der Waals surface area contributed by atoms with E-state index in [4.69, 9.17) is 0 Å². The van der Waals surface area contributed by atoms with E-state index in [2.05, 4.69) is 6.92 Å². The largest absolute Gasteiger partial charge is 0.309 e. The lowest BCUT2D eigenvalue weighted by molar-refractivity contribution is -0.201. The Hall–Kier alpha value is -0.280. The number of rotatable bonds is 4. The van der Waals surface area contributed by atoms with Crippen molar-refractivity contribution in [3.8, 4) is 0 Å². The molecule has 0 atom stereocenters. The van der Waals surface area contributed by atoms with Crippen LogP contribution in [0, 0.1) is 6.92 Å². The predicted molar refractivity (Wildman–Crippen MR) is 34.8 cm³/mol. The molecule has 0 saturated carbocycles. The van der Waals surface area contributed by atoms with Gasteiger partial charge >= 0.3 is 11.8 Å². The maximum atomic E-state index is 12.3. The molecule has 1 radical (unpaired) electrons. The van der Waals surface area contributed by atoms with E-state index in [9.17, 15) is 17.6 Å². The Morgan fingerprint density at radius 2 is 1.64 bits per heavy atom. The summed E-state index contributed by atoms with van der Waals surface area (Å²) >= 11 is 0. The first-order valence-corrected chi connectivity index (χ1v) is 3.36. The van der Waals surface area contributed by atoms with Crippen LogP contribution in [0.2, 0.25) is 0 Å². The van der Waals surface area contributed by atoms with Crippen molar-refractivity contribution in [2.24, 2.45) is 0 Å². The second kappa shape index (κ2) is 3.41. The summed E-state index contributed by atoms with van der Waals surface area (Å²) in [6.07, 6.45) is -0.512. The van der Waals surface area contributed by atoms with E-state index < -0.39 is 18.3 Å². The van der Waals surface area contributed by atoms with Crippen LogP contribution in [0.15, 0.2) is 0 Å². The Labute approximate surface area is 63.6 Å². The minimum Gasteiger partial charge on any atom is -0.200 e. The predicted octanol–water partition coefficient (Wildman–Crippen LogP) is 3.28. The van der Waals surface area contributed by atoms with Crippen LogP contribution in [0.4, 0.5) is 17.6 Å². The Balaban J connectivity index is 4.00. The Morgan fingerprint density at radius 3 is 1.91 bits per heavy atom. The minimum atomic E-state index is -3.91. The summed E-state index contributed by atoms with van der Waals surface area (Å²) < 4.78 is 48.8. The van der Waals surface area contributed by atoms with Crippen molar-refractivity contribution in [3.05, 3.63) is 6.92 Å². The third kappa shape index (κ3) is 3.08. The molecule has 0 fully saturated rings. The fourth-order valence-electron chi connectivity index (χ4n) is 0.567. The molecule has 0 bridgehead atoms. The van der Waals surface area contributed by atoms with Gasteiger partial charge in [-0.05, 0) is 6.42 Å². The summed E-state index contributed by atoms with van der Waals surface area (Å²) in [6.45, 7) is 3.52. The Morgan fingerprint density at radius 1 is 1.18 bits per heavy atom. The molecule has 0 nitrogen and oxygen atoms in total. The summed E-state index contributed by atoms with van der Waals surface area (Å²) in [4.78, 5) is 0. The quantitative estimate of drug-likeness (QED) is 0.569. The van der Waals surface area contributed by atoms with E-state index in [-0.39, 0.29) is 19.8 Å². The van der Waals surface area contributed by atoms with Crippen molar-refractivity contribution in [2.45, 2.75) is 38.0 Å². The van der Waals surface area contributed by atoms with Crippen LogP contribution >= 0.6 is 0 Å². The average molecular weight is 171 g/mol. The zero-order chi connectivity index (χ0) is 9.12. The van der Waals surface area contributed by atoms with Gasteiger partial charge in [0.05, 0.1) is 0 Å². The molecule has 11 heavy (non-hydrogen) atoms. The molecule has 0 aromatic rings. The molecule has 0 rings (SSSR count). The number of alkyl halides is 4. The Bertz CT molecular complexity index is 114. The van der Waals surface area contributed by atoms with E-state index in [1.54, 1.807) is 0 Å². The maximum absolute atomic E-state index is 12.3. The van der Waals surface area contributed by atoms with Crippen LogP contribution in [0.5, 0.6) is 0 Å². The molecule has 0 N–H and O–H groups in total. The Kier molecular flexibility index (Phi) is 3.32. The molecule has 4 heteroatoms. The van der Waals surface area contributed by atoms with Crippen molar-refractivity contribution >= 4 is 0 Å². The first-order valence-electron chi connectivity index (χ1n) is 3.36. The van der Waals surface area contributed by atoms with Crippen molar-refractivity contribution in [2.75, 3.05) is 0 Å². The third-order valence-corrected chi connectivity index (χ3v) is 1.38. The van der Waals surface area contributed by atoms with Gasteiger partial charge in [-0.25, -0.2) is 8.78 Å². The summed E-state index contributed by atoms with van der Waals surface area (Å²) in [5, 5.41) is 0. The average Bonchev–Trinajstić information content (AvgIpc) is 1.81. The SMILES string of the molecule is [CH2]CCCC(F)(F)C(C)(F)F. The van der Waals surface area contributed by atoms with Gasteiger partial charge in [0.15, 0.2) is 0 Å². The number of halogens is 4. The van der Waals surface area contributed by atoms with E-state index in [0.717, 1.165) is 0 Å². The lowest BCUT2D eigenvalue weighted by Gasteiger charge is -2.22. The molecule has 0 heterocycles. The van der Waals surface area contributed by atoms with Crippen molar-refractivity contribution in [1.82, 2.24) is 0 Å². The van der Waals surface area contributed by atoms with E-state index in [1.165, 1.54) is 0 Å². The molecule has 67 valence electrons. The molecule has 0 aliphatic carbocycles. The summed E-state index contributed by atoms with van der Waals surface area (Å²) in [5.41, 5.74) is 0. The molecule has 0 aromatic carbocycles. The molecule has 0 amide bonds.